The van der Waals surface area contributed by atoms with Gasteiger partial charge in [0.25, 0.3) is 5.91 Å². The van der Waals surface area contributed by atoms with Crippen LogP contribution < -0.4 is 10.0 Å². The van der Waals surface area contributed by atoms with Gasteiger partial charge in [-0.3, -0.25) is 4.79 Å². The normalized spacial score (nSPS) is 14.3. The van der Waals surface area contributed by atoms with Crippen LogP contribution in [0.1, 0.15) is 28.8 Å². The van der Waals surface area contributed by atoms with Crippen LogP contribution in [0.25, 0.3) is 0 Å². The first kappa shape index (κ1) is 17.9. The number of rotatable bonds is 7. The van der Waals surface area contributed by atoms with Crippen molar-refractivity contribution in [3.8, 4) is 0 Å². The lowest BCUT2D eigenvalue weighted by atomic mass is 10.2. The molecule has 0 unspecified atom stereocenters. The third kappa shape index (κ3) is 5.04. The zero-order valence-corrected chi connectivity index (χ0v) is 15.1. The molecule has 0 atom stereocenters. The molecule has 1 amide bonds. The number of hydrogen-bond acceptors (Lipinski definition) is 3. The molecule has 132 valence electrons. The molecule has 0 heterocycles. The predicted octanol–water partition coefficient (Wildman–Crippen LogP) is 2.96. The summed E-state index contributed by atoms with van der Waals surface area (Å²) in [6.07, 6.45) is 2.13. The highest BCUT2D eigenvalue weighted by Crippen LogP contribution is 2.28. The Balaban J connectivity index is 1.65. The van der Waals surface area contributed by atoms with E-state index in [1.165, 1.54) is 12.1 Å². The Bertz CT molecular complexity index is 862. The Morgan fingerprint density at radius 3 is 2.52 bits per heavy atom. The van der Waals surface area contributed by atoms with Crippen LogP contribution in [0, 0.1) is 5.92 Å². The lowest BCUT2D eigenvalue weighted by molar-refractivity contribution is 0.0950. The monoisotopic (exact) mass is 378 g/mol. The second kappa shape index (κ2) is 7.56. The van der Waals surface area contributed by atoms with Crippen LogP contribution >= 0.6 is 11.6 Å². The minimum absolute atomic E-state index is 0.104. The van der Waals surface area contributed by atoms with Gasteiger partial charge in [-0.05, 0) is 54.7 Å². The molecule has 2 aromatic carbocycles. The van der Waals surface area contributed by atoms with Gasteiger partial charge in [0.1, 0.15) is 0 Å². The van der Waals surface area contributed by atoms with Crippen molar-refractivity contribution in [2.45, 2.75) is 24.3 Å². The molecule has 0 saturated heterocycles. The maximum absolute atomic E-state index is 12.3. The molecule has 1 aliphatic carbocycles. The van der Waals surface area contributed by atoms with Crippen molar-refractivity contribution in [2.75, 3.05) is 6.54 Å². The smallest absolute Gasteiger partial charge is 0.251 e. The highest BCUT2D eigenvalue weighted by atomic mass is 35.5. The molecule has 1 aliphatic rings. The first-order valence-corrected chi connectivity index (χ1v) is 9.92. The molecule has 2 N–H and O–H groups in total. The lowest BCUT2D eigenvalue weighted by Gasteiger charge is -2.09. The summed E-state index contributed by atoms with van der Waals surface area (Å²) in [5, 5.41) is 3.41. The van der Waals surface area contributed by atoms with E-state index in [-0.39, 0.29) is 10.8 Å². The van der Waals surface area contributed by atoms with Crippen molar-refractivity contribution in [1.29, 1.82) is 0 Å². The number of carbonyl (C=O) groups is 1. The van der Waals surface area contributed by atoms with Crippen LogP contribution in [0.2, 0.25) is 5.02 Å². The van der Waals surface area contributed by atoms with Crippen molar-refractivity contribution in [3.63, 3.8) is 0 Å². The van der Waals surface area contributed by atoms with Gasteiger partial charge in [-0.25, -0.2) is 13.1 Å². The highest BCUT2D eigenvalue weighted by Gasteiger charge is 2.24. The molecule has 1 fully saturated rings. The van der Waals surface area contributed by atoms with E-state index < -0.39 is 10.0 Å². The summed E-state index contributed by atoms with van der Waals surface area (Å²) in [4.78, 5) is 12.4. The Morgan fingerprint density at radius 1 is 1.12 bits per heavy atom. The van der Waals surface area contributed by atoms with Gasteiger partial charge in [0.15, 0.2) is 0 Å². The van der Waals surface area contributed by atoms with Gasteiger partial charge < -0.3 is 5.32 Å². The van der Waals surface area contributed by atoms with Gasteiger partial charge in [0.2, 0.25) is 10.0 Å². The van der Waals surface area contributed by atoms with Gasteiger partial charge >= 0.3 is 0 Å². The summed E-state index contributed by atoms with van der Waals surface area (Å²) >= 11 is 5.83. The zero-order chi connectivity index (χ0) is 17.9. The Kier molecular flexibility index (Phi) is 5.42. The van der Waals surface area contributed by atoms with Crippen molar-refractivity contribution in [1.82, 2.24) is 10.0 Å². The van der Waals surface area contributed by atoms with E-state index in [0.29, 0.717) is 29.6 Å². The van der Waals surface area contributed by atoms with Crippen LogP contribution in [0.5, 0.6) is 0 Å². The van der Waals surface area contributed by atoms with Crippen LogP contribution in [0.3, 0.4) is 0 Å². The summed E-state index contributed by atoms with van der Waals surface area (Å²) in [5.41, 5.74) is 1.22. The minimum atomic E-state index is -3.59. The molecule has 1 saturated carbocycles. The van der Waals surface area contributed by atoms with Crippen LogP contribution in [-0.2, 0) is 16.6 Å². The van der Waals surface area contributed by atoms with E-state index in [1.807, 2.05) is 12.1 Å². The van der Waals surface area contributed by atoms with E-state index in [1.54, 1.807) is 24.3 Å². The van der Waals surface area contributed by atoms with Crippen LogP contribution in [0.4, 0.5) is 0 Å². The number of nitrogens with one attached hydrogen (secondary N) is 2. The van der Waals surface area contributed by atoms with E-state index in [2.05, 4.69) is 10.0 Å². The third-order valence-electron chi connectivity index (χ3n) is 4.03. The maximum atomic E-state index is 12.3. The topological polar surface area (TPSA) is 75.3 Å². The Labute approximate surface area is 152 Å². The maximum Gasteiger partial charge on any atom is 0.251 e. The Hall–Kier alpha value is -1.89. The molecule has 0 aliphatic heterocycles. The third-order valence-corrected chi connectivity index (χ3v) is 5.71. The summed E-state index contributed by atoms with van der Waals surface area (Å²) in [7, 11) is -3.59. The number of halogens is 1. The van der Waals surface area contributed by atoms with E-state index in [9.17, 15) is 13.2 Å². The van der Waals surface area contributed by atoms with Gasteiger partial charge in [0.05, 0.1) is 4.90 Å². The second-order valence-corrected chi connectivity index (χ2v) is 8.34. The fourth-order valence-electron chi connectivity index (χ4n) is 2.32. The van der Waals surface area contributed by atoms with Crippen molar-refractivity contribution in [2.24, 2.45) is 5.92 Å². The van der Waals surface area contributed by atoms with E-state index in [0.717, 1.165) is 18.4 Å². The second-order valence-electron chi connectivity index (χ2n) is 6.13. The average Bonchev–Trinajstić information content (AvgIpc) is 3.44. The van der Waals surface area contributed by atoms with E-state index >= 15 is 0 Å². The Morgan fingerprint density at radius 2 is 1.84 bits per heavy atom. The first-order valence-electron chi connectivity index (χ1n) is 8.06. The summed E-state index contributed by atoms with van der Waals surface area (Å²) in [6, 6.07) is 13.2. The summed E-state index contributed by atoms with van der Waals surface area (Å²) in [5.74, 6) is 0.120. The number of hydrogen-bond donors (Lipinski definition) is 2. The molecule has 3 rings (SSSR count). The summed E-state index contributed by atoms with van der Waals surface area (Å²) < 4.78 is 27.2. The molecule has 0 radical (unpaired) electrons. The first-order chi connectivity index (χ1) is 11.9. The number of benzene rings is 2. The molecular formula is C18H19ClN2O3S. The molecule has 0 spiro atoms. The van der Waals surface area contributed by atoms with Crippen LogP contribution in [0.15, 0.2) is 53.4 Å². The largest absolute Gasteiger partial charge is 0.348 e. The van der Waals surface area contributed by atoms with Gasteiger partial charge in [-0.1, -0.05) is 29.8 Å². The predicted molar refractivity (Wildman–Crippen MR) is 97.0 cm³/mol. The van der Waals surface area contributed by atoms with Crippen molar-refractivity contribution in [3.05, 3.63) is 64.7 Å². The standard InChI is InChI=1S/C18H19ClN2O3S/c19-16-8-6-13(7-9-16)11-20-18(22)15-2-1-3-17(10-15)25(23,24)21-12-14-4-5-14/h1-3,6-10,14,21H,4-5,11-12H2,(H,20,22). The number of carbonyl (C=O) groups excluding carboxylic acids is 1. The number of sulfonamides is 1. The van der Waals surface area contributed by atoms with Gasteiger partial charge in [0, 0.05) is 23.7 Å². The minimum Gasteiger partial charge on any atom is -0.348 e. The molecule has 0 bridgehead atoms. The van der Waals surface area contributed by atoms with E-state index in [4.69, 9.17) is 11.6 Å². The average molecular weight is 379 g/mol. The number of amides is 1. The van der Waals surface area contributed by atoms with Crippen molar-refractivity contribution < 1.29 is 13.2 Å². The molecule has 25 heavy (non-hydrogen) atoms. The van der Waals surface area contributed by atoms with Gasteiger partial charge in [-0.2, -0.15) is 0 Å². The SMILES string of the molecule is O=C(NCc1ccc(Cl)cc1)c1cccc(S(=O)(=O)NCC2CC2)c1. The quantitative estimate of drug-likeness (QED) is 0.777. The fourth-order valence-corrected chi connectivity index (χ4v) is 3.61. The molecule has 5 nitrogen and oxygen atoms in total. The molecule has 2 aromatic rings. The summed E-state index contributed by atoms with van der Waals surface area (Å²) in [6.45, 7) is 0.794. The van der Waals surface area contributed by atoms with Gasteiger partial charge in [-0.15, -0.1) is 0 Å². The van der Waals surface area contributed by atoms with Crippen molar-refractivity contribution >= 4 is 27.5 Å². The fraction of sp³-hybridized carbons (Fsp3) is 0.278. The lowest BCUT2D eigenvalue weighted by Crippen LogP contribution is -2.27. The molecule has 0 aromatic heterocycles. The molecule has 7 heteroatoms. The van der Waals surface area contributed by atoms with Crippen LogP contribution in [-0.4, -0.2) is 20.9 Å². The zero-order valence-electron chi connectivity index (χ0n) is 13.5. The molecular weight excluding hydrogens is 360 g/mol. The highest BCUT2D eigenvalue weighted by molar-refractivity contribution is 7.89.